The Balaban J connectivity index is 1.67. The van der Waals surface area contributed by atoms with Crippen molar-refractivity contribution in [1.82, 2.24) is 9.55 Å². The van der Waals surface area contributed by atoms with Crippen LogP contribution in [0.4, 0.5) is 0 Å². The van der Waals surface area contributed by atoms with E-state index >= 15 is 0 Å². The molecule has 2 aromatic heterocycles. The van der Waals surface area contributed by atoms with Crippen LogP contribution in [0.5, 0.6) is 5.75 Å². The standard InChI is InChI=1S/C20H15BrN2O3S/c21-14-7-6-13-16-19(22-15-11-25-9-8-23(15)20(16)24)27-18(13)17(14)26-10-12-4-2-1-3-5-12/h1-7H,8-11H2. The normalized spacial score (nSPS) is 13.8. The Kier molecular flexibility index (Phi) is 4.22. The molecule has 136 valence electrons. The van der Waals surface area contributed by atoms with Crippen molar-refractivity contribution < 1.29 is 9.47 Å². The average Bonchev–Trinajstić information content (AvgIpc) is 3.07. The minimum atomic E-state index is 0.000817. The Bertz CT molecular complexity index is 1220. The van der Waals surface area contributed by atoms with E-state index in [-0.39, 0.29) is 5.56 Å². The third-order valence-electron chi connectivity index (χ3n) is 4.66. The van der Waals surface area contributed by atoms with Crippen molar-refractivity contribution in [3.05, 3.63) is 68.7 Å². The van der Waals surface area contributed by atoms with Crippen LogP contribution in [0.2, 0.25) is 0 Å². The van der Waals surface area contributed by atoms with Gasteiger partial charge < -0.3 is 9.47 Å². The van der Waals surface area contributed by atoms with Crippen LogP contribution in [-0.2, 0) is 24.5 Å². The van der Waals surface area contributed by atoms with Gasteiger partial charge in [0, 0.05) is 5.39 Å². The molecule has 27 heavy (non-hydrogen) atoms. The Hall–Kier alpha value is -2.22. The highest BCUT2D eigenvalue weighted by atomic mass is 79.9. The molecule has 2 aromatic carbocycles. The van der Waals surface area contributed by atoms with Crippen LogP contribution in [0, 0.1) is 0 Å². The quantitative estimate of drug-likeness (QED) is 0.469. The van der Waals surface area contributed by atoms with Crippen LogP contribution in [0.3, 0.4) is 0 Å². The van der Waals surface area contributed by atoms with Gasteiger partial charge in [0.1, 0.15) is 23.9 Å². The molecule has 4 aromatic rings. The van der Waals surface area contributed by atoms with Crippen LogP contribution in [-0.4, -0.2) is 16.2 Å². The molecular formula is C20H15BrN2O3S. The van der Waals surface area contributed by atoms with E-state index in [1.807, 2.05) is 42.5 Å². The lowest BCUT2D eigenvalue weighted by Gasteiger charge is -2.17. The maximum atomic E-state index is 13.0. The van der Waals surface area contributed by atoms with Crippen molar-refractivity contribution in [3.8, 4) is 5.75 Å². The number of hydrogen-bond donors (Lipinski definition) is 0. The molecule has 0 N–H and O–H groups in total. The molecule has 5 nitrogen and oxygen atoms in total. The van der Waals surface area contributed by atoms with Gasteiger partial charge in [-0.25, -0.2) is 4.98 Å². The maximum absolute atomic E-state index is 13.0. The minimum Gasteiger partial charge on any atom is -0.486 e. The summed E-state index contributed by atoms with van der Waals surface area (Å²) in [4.78, 5) is 18.5. The molecule has 0 unspecified atom stereocenters. The largest absolute Gasteiger partial charge is 0.486 e. The second kappa shape index (κ2) is 6.74. The molecule has 0 atom stereocenters. The molecule has 0 bridgehead atoms. The van der Waals surface area contributed by atoms with Crippen LogP contribution in [0.1, 0.15) is 11.4 Å². The van der Waals surface area contributed by atoms with Crippen LogP contribution >= 0.6 is 27.3 Å². The monoisotopic (exact) mass is 442 g/mol. The number of nitrogens with zero attached hydrogens (tertiary/aromatic N) is 2. The minimum absolute atomic E-state index is 0.000817. The third-order valence-corrected chi connectivity index (χ3v) is 6.39. The molecule has 0 radical (unpaired) electrons. The number of halogens is 1. The number of benzene rings is 2. The van der Waals surface area contributed by atoms with Crippen molar-refractivity contribution >= 4 is 47.6 Å². The summed E-state index contributed by atoms with van der Waals surface area (Å²) >= 11 is 5.08. The smallest absolute Gasteiger partial charge is 0.263 e. The summed E-state index contributed by atoms with van der Waals surface area (Å²) in [6.45, 7) is 1.92. The Morgan fingerprint density at radius 2 is 2.07 bits per heavy atom. The molecule has 3 heterocycles. The molecule has 0 fully saturated rings. The van der Waals surface area contributed by atoms with Crippen LogP contribution in [0.25, 0.3) is 20.3 Å². The highest BCUT2D eigenvalue weighted by molar-refractivity contribution is 9.10. The molecule has 0 saturated carbocycles. The number of ether oxygens (including phenoxy) is 2. The van der Waals surface area contributed by atoms with Gasteiger partial charge in [-0.3, -0.25) is 9.36 Å². The topological polar surface area (TPSA) is 53.4 Å². The molecular weight excluding hydrogens is 428 g/mol. The Morgan fingerprint density at radius 1 is 1.22 bits per heavy atom. The molecule has 0 amide bonds. The Labute approximate surface area is 167 Å². The zero-order valence-corrected chi connectivity index (χ0v) is 16.7. The van der Waals surface area contributed by atoms with E-state index in [9.17, 15) is 4.79 Å². The van der Waals surface area contributed by atoms with E-state index in [1.54, 1.807) is 4.57 Å². The number of fused-ring (bicyclic) bond motifs is 4. The van der Waals surface area contributed by atoms with E-state index in [2.05, 4.69) is 20.9 Å². The van der Waals surface area contributed by atoms with Gasteiger partial charge in [-0.15, -0.1) is 11.3 Å². The van der Waals surface area contributed by atoms with Crippen molar-refractivity contribution in [1.29, 1.82) is 0 Å². The highest BCUT2D eigenvalue weighted by Gasteiger charge is 2.21. The molecule has 1 aliphatic heterocycles. The lowest BCUT2D eigenvalue weighted by Crippen LogP contribution is -2.30. The van der Waals surface area contributed by atoms with Crippen molar-refractivity contribution in [2.75, 3.05) is 6.61 Å². The van der Waals surface area contributed by atoms with Crippen LogP contribution in [0.15, 0.2) is 51.7 Å². The van der Waals surface area contributed by atoms with Crippen molar-refractivity contribution in [2.24, 2.45) is 0 Å². The van der Waals surface area contributed by atoms with E-state index in [0.29, 0.717) is 37.6 Å². The van der Waals surface area contributed by atoms with E-state index in [1.165, 1.54) is 11.3 Å². The fourth-order valence-electron chi connectivity index (χ4n) is 3.34. The predicted octanol–water partition coefficient (Wildman–Crippen LogP) is 4.48. The van der Waals surface area contributed by atoms with Gasteiger partial charge in [0.15, 0.2) is 5.75 Å². The second-order valence-electron chi connectivity index (χ2n) is 6.35. The second-order valence-corrected chi connectivity index (χ2v) is 8.20. The lowest BCUT2D eigenvalue weighted by molar-refractivity contribution is 0.0788. The van der Waals surface area contributed by atoms with E-state index in [4.69, 9.17) is 9.47 Å². The predicted molar refractivity (Wildman–Crippen MR) is 110 cm³/mol. The first-order valence-electron chi connectivity index (χ1n) is 8.61. The van der Waals surface area contributed by atoms with Gasteiger partial charge in [-0.1, -0.05) is 36.4 Å². The Morgan fingerprint density at radius 3 is 2.93 bits per heavy atom. The van der Waals surface area contributed by atoms with Gasteiger partial charge >= 0.3 is 0 Å². The number of rotatable bonds is 3. The molecule has 7 heteroatoms. The summed E-state index contributed by atoms with van der Waals surface area (Å²) in [7, 11) is 0. The number of aromatic nitrogens is 2. The SMILES string of the molecule is O=c1c2c(nc3n1CCOC3)sc1c(OCc3ccccc3)c(Br)ccc12. The zero-order chi connectivity index (χ0) is 18.4. The summed E-state index contributed by atoms with van der Waals surface area (Å²) in [5.41, 5.74) is 1.09. The van der Waals surface area contributed by atoms with Crippen molar-refractivity contribution in [2.45, 2.75) is 19.8 Å². The van der Waals surface area contributed by atoms with E-state index < -0.39 is 0 Å². The van der Waals surface area contributed by atoms with Gasteiger partial charge in [-0.05, 0) is 27.6 Å². The summed E-state index contributed by atoms with van der Waals surface area (Å²) < 4.78 is 15.1. The molecule has 0 aliphatic carbocycles. The zero-order valence-electron chi connectivity index (χ0n) is 14.3. The first-order chi connectivity index (χ1) is 13.2. The van der Waals surface area contributed by atoms with E-state index in [0.717, 1.165) is 30.7 Å². The third kappa shape index (κ3) is 2.86. The lowest BCUT2D eigenvalue weighted by atomic mass is 10.2. The first kappa shape index (κ1) is 16.9. The van der Waals surface area contributed by atoms with Gasteiger partial charge in [0.05, 0.1) is 27.7 Å². The summed E-state index contributed by atoms with van der Waals surface area (Å²) in [5, 5.41) is 1.55. The average molecular weight is 443 g/mol. The summed E-state index contributed by atoms with van der Waals surface area (Å²) in [6.07, 6.45) is 0. The summed E-state index contributed by atoms with van der Waals surface area (Å²) in [5.74, 6) is 1.44. The fraction of sp³-hybridized carbons (Fsp3) is 0.200. The first-order valence-corrected chi connectivity index (χ1v) is 10.2. The fourth-order valence-corrected chi connectivity index (χ4v) is 5.10. The van der Waals surface area contributed by atoms with Gasteiger partial charge in [0.2, 0.25) is 0 Å². The molecule has 0 saturated heterocycles. The molecule has 1 aliphatic rings. The van der Waals surface area contributed by atoms with Crippen LogP contribution < -0.4 is 10.3 Å². The summed E-state index contributed by atoms with van der Waals surface area (Å²) in [6, 6.07) is 13.9. The molecule has 0 spiro atoms. The number of hydrogen-bond acceptors (Lipinski definition) is 5. The van der Waals surface area contributed by atoms with Gasteiger partial charge in [-0.2, -0.15) is 0 Å². The van der Waals surface area contributed by atoms with Gasteiger partial charge in [0.25, 0.3) is 5.56 Å². The number of thiophene rings is 1. The molecule has 5 rings (SSSR count). The maximum Gasteiger partial charge on any atom is 0.263 e. The highest BCUT2D eigenvalue weighted by Crippen LogP contribution is 2.41. The van der Waals surface area contributed by atoms with Crippen molar-refractivity contribution in [3.63, 3.8) is 0 Å².